The molecule has 0 aromatic carbocycles. The number of hydrogen-bond acceptors (Lipinski definition) is 2. The zero-order valence-corrected chi connectivity index (χ0v) is 6.89. The van der Waals surface area contributed by atoms with Crippen LogP contribution in [0.3, 0.4) is 0 Å². The Bertz CT molecular complexity index is 295. The number of rotatable bonds is 1. The van der Waals surface area contributed by atoms with E-state index in [-0.39, 0.29) is 5.56 Å². The highest BCUT2D eigenvalue weighted by molar-refractivity contribution is 5.12. The summed E-state index contributed by atoms with van der Waals surface area (Å²) in [5.41, 5.74) is 0.922. The summed E-state index contributed by atoms with van der Waals surface area (Å²) in [6.45, 7) is 2.01. The number of aromatic nitrogens is 2. The van der Waals surface area contributed by atoms with Gasteiger partial charge in [0.15, 0.2) is 0 Å². The van der Waals surface area contributed by atoms with Crippen molar-refractivity contribution in [3.63, 3.8) is 0 Å². The lowest BCUT2D eigenvalue weighted by Gasteiger charge is -2.20. The van der Waals surface area contributed by atoms with E-state index in [1.165, 1.54) is 0 Å². The van der Waals surface area contributed by atoms with E-state index >= 15 is 0 Å². The maximum Gasteiger partial charge on any atom is 0.267 e. The van der Waals surface area contributed by atoms with E-state index < -0.39 is 0 Å². The standard InChI is InChI=1S/C8H13N3O/c12-8-7(5-10-11-8)6-2-1-3-9-4-6/h5-6,9H,1-4H2,(H2,10,11,12). The molecule has 0 spiro atoms. The van der Waals surface area contributed by atoms with Crippen LogP contribution in [0.4, 0.5) is 0 Å². The van der Waals surface area contributed by atoms with Gasteiger partial charge >= 0.3 is 0 Å². The fraction of sp³-hybridized carbons (Fsp3) is 0.625. The molecular formula is C8H13N3O. The molecule has 2 heterocycles. The van der Waals surface area contributed by atoms with Crippen LogP contribution in [0, 0.1) is 0 Å². The predicted octanol–water partition coefficient (Wildman–Crippen LogP) is 0.170. The molecule has 4 nitrogen and oxygen atoms in total. The first kappa shape index (κ1) is 7.61. The molecule has 1 aromatic rings. The Morgan fingerprint density at radius 3 is 3.00 bits per heavy atom. The third kappa shape index (κ3) is 1.30. The first-order chi connectivity index (χ1) is 5.88. The lowest BCUT2D eigenvalue weighted by Crippen LogP contribution is -2.30. The van der Waals surface area contributed by atoms with Crippen LogP contribution in [0.2, 0.25) is 0 Å². The van der Waals surface area contributed by atoms with Crippen LogP contribution in [-0.2, 0) is 0 Å². The molecule has 1 unspecified atom stereocenters. The third-order valence-corrected chi connectivity index (χ3v) is 2.41. The molecule has 1 aliphatic rings. The normalized spacial score (nSPS) is 24.2. The minimum atomic E-state index is 0.0312. The Hall–Kier alpha value is -1.03. The number of nitrogens with one attached hydrogen (secondary N) is 3. The molecular weight excluding hydrogens is 154 g/mol. The lowest BCUT2D eigenvalue weighted by atomic mass is 9.94. The van der Waals surface area contributed by atoms with Gasteiger partial charge in [0.1, 0.15) is 0 Å². The summed E-state index contributed by atoms with van der Waals surface area (Å²) < 4.78 is 0. The Kier molecular flexibility index (Phi) is 1.99. The highest BCUT2D eigenvalue weighted by atomic mass is 16.1. The molecule has 1 atom stereocenters. The van der Waals surface area contributed by atoms with E-state index in [1.54, 1.807) is 6.20 Å². The SMILES string of the molecule is O=c1[nH][nH]cc1C1CCCNC1. The van der Waals surface area contributed by atoms with E-state index in [1.807, 2.05) is 0 Å². The van der Waals surface area contributed by atoms with Crippen LogP contribution in [0.5, 0.6) is 0 Å². The average molecular weight is 167 g/mol. The molecule has 4 heteroatoms. The van der Waals surface area contributed by atoms with Gasteiger partial charge in [-0.1, -0.05) is 0 Å². The van der Waals surface area contributed by atoms with Gasteiger partial charge in [-0.2, -0.15) is 0 Å². The third-order valence-electron chi connectivity index (χ3n) is 2.41. The van der Waals surface area contributed by atoms with Gasteiger partial charge in [-0.05, 0) is 19.4 Å². The predicted molar refractivity (Wildman–Crippen MR) is 46.3 cm³/mol. The largest absolute Gasteiger partial charge is 0.316 e. The fourth-order valence-electron chi connectivity index (χ4n) is 1.74. The summed E-state index contributed by atoms with van der Waals surface area (Å²) in [6.07, 6.45) is 4.06. The van der Waals surface area contributed by atoms with Crippen molar-refractivity contribution in [1.82, 2.24) is 15.5 Å². The van der Waals surface area contributed by atoms with Crippen LogP contribution in [0.25, 0.3) is 0 Å². The molecule has 1 fully saturated rings. The Labute approximate surface area is 70.4 Å². The van der Waals surface area contributed by atoms with Gasteiger partial charge in [0.05, 0.1) is 0 Å². The molecule has 1 aliphatic heterocycles. The van der Waals surface area contributed by atoms with Gasteiger partial charge < -0.3 is 10.4 Å². The average Bonchev–Trinajstić information content (AvgIpc) is 2.53. The minimum absolute atomic E-state index is 0.0312. The van der Waals surface area contributed by atoms with Gasteiger partial charge in [-0.3, -0.25) is 9.89 Å². The van der Waals surface area contributed by atoms with E-state index in [0.29, 0.717) is 5.92 Å². The quantitative estimate of drug-likeness (QED) is 0.558. The Morgan fingerprint density at radius 1 is 1.50 bits per heavy atom. The molecule has 0 radical (unpaired) electrons. The van der Waals surface area contributed by atoms with Crippen LogP contribution >= 0.6 is 0 Å². The molecule has 0 aliphatic carbocycles. The van der Waals surface area contributed by atoms with Crippen molar-refractivity contribution in [3.8, 4) is 0 Å². The molecule has 1 aromatic heterocycles. The van der Waals surface area contributed by atoms with Crippen molar-refractivity contribution in [2.75, 3.05) is 13.1 Å². The maximum atomic E-state index is 11.2. The van der Waals surface area contributed by atoms with E-state index in [4.69, 9.17) is 0 Å². The lowest BCUT2D eigenvalue weighted by molar-refractivity contribution is 0.460. The van der Waals surface area contributed by atoms with Crippen molar-refractivity contribution in [1.29, 1.82) is 0 Å². The van der Waals surface area contributed by atoms with Crippen LogP contribution in [0.15, 0.2) is 11.0 Å². The van der Waals surface area contributed by atoms with Crippen molar-refractivity contribution in [2.45, 2.75) is 18.8 Å². The molecule has 12 heavy (non-hydrogen) atoms. The van der Waals surface area contributed by atoms with Crippen LogP contribution < -0.4 is 10.9 Å². The molecule has 0 saturated carbocycles. The van der Waals surface area contributed by atoms with Crippen LogP contribution in [0.1, 0.15) is 24.3 Å². The number of piperidine rings is 1. The highest BCUT2D eigenvalue weighted by Gasteiger charge is 2.17. The number of hydrogen-bond donors (Lipinski definition) is 3. The summed E-state index contributed by atoms with van der Waals surface area (Å²) in [7, 11) is 0. The molecule has 1 saturated heterocycles. The first-order valence-electron chi connectivity index (χ1n) is 4.34. The first-order valence-corrected chi connectivity index (χ1v) is 4.34. The summed E-state index contributed by atoms with van der Waals surface area (Å²) >= 11 is 0. The summed E-state index contributed by atoms with van der Waals surface area (Å²) in [5, 5.41) is 8.57. The van der Waals surface area contributed by atoms with Crippen molar-refractivity contribution < 1.29 is 0 Å². The molecule has 3 N–H and O–H groups in total. The maximum absolute atomic E-state index is 11.2. The molecule has 0 amide bonds. The van der Waals surface area contributed by atoms with Crippen molar-refractivity contribution in [3.05, 3.63) is 22.1 Å². The smallest absolute Gasteiger partial charge is 0.267 e. The zero-order chi connectivity index (χ0) is 8.39. The van der Waals surface area contributed by atoms with Gasteiger partial charge in [-0.25, -0.2) is 0 Å². The fourth-order valence-corrected chi connectivity index (χ4v) is 1.74. The minimum Gasteiger partial charge on any atom is -0.316 e. The van der Waals surface area contributed by atoms with Crippen LogP contribution in [-0.4, -0.2) is 23.3 Å². The summed E-state index contributed by atoms with van der Waals surface area (Å²) in [4.78, 5) is 11.2. The highest BCUT2D eigenvalue weighted by Crippen LogP contribution is 2.18. The van der Waals surface area contributed by atoms with Gasteiger partial charge in [0.25, 0.3) is 5.56 Å². The van der Waals surface area contributed by atoms with Crippen molar-refractivity contribution in [2.24, 2.45) is 0 Å². The monoisotopic (exact) mass is 167 g/mol. The van der Waals surface area contributed by atoms with E-state index in [2.05, 4.69) is 15.5 Å². The van der Waals surface area contributed by atoms with E-state index in [0.717, 1.165) is 31.5 Å². The Morgan fingerprint density at radius 2 is 2.42 bits per heavy atom. The summed E-state index contributed by atoms with van der Waals surface area (Å²) in [5.74, 6) is 0.397. The number of H-pyrrole nitrogens is 2. The number of aromatic amines is 2. The van der Waals surface area contributed by atoms with Gasteiger partial charge in [-0.15, -0.1) is 0 Å². The molecule has 0 bridgehead atoms. The van der Waals surface area contributed by atoms with Gasteiger partial charge in [0, 0.05) is 24.2 Å². The second-order valence-electron chi connectivity index (χ2n) is 3.24. The second kappa shape index (κ2) is 3.15. The zero-order valence-electron chi connectivity index (χ0n) is 6.89. The van der Waals surface area contributed by atoms with Gasteiger partial charge in [0.2, 0.25) is 0 Å². The van der Waals surface area contributed by atoms with E-state index in [9.17, 15) is 4.79 Å². The molecule has 2 rings (SSSR count). The Balaban J connectivity index is 2.18. The summed E-state index contributed by atoms with van der Waals surface area (Å²) in [6, 6.07) is 0. The molecule has 66 valence electrons. The van der Waals surface area contributed by atoms with Crippen molar-refractivity contribution >= 4 is 0 Å². The second-order valence-corrected chi connectivity index (χ2v) is 3.24. The topological polar surface area (TPSA) is 60.7 Å².